The van der Waals surface area contributed by atoms with E-state index in [-0.39, 0.29) is 18.1 Å². The Kier molecular flexibility index (Phi) is 4.87. The summed E-state index contributed by atoms with van der Waals surface area (Å²) in [6.07, 6.45) is 1.89. The molecule has 0 saturated carbocycles. The zero-order valence-corrected chi connectivity index (χ0v) is 12.4. The Balaban J connectivity index is 2.11. The number of hydrogen-bond acceptors (Lipinski definition) is 5. The van der Waals surface area contributed by atoms with Gasteiger partial charge in [-0.2, -0.15) is 5.10 Å². The third-order valence-electron chi connectivity index (χ3n) is 3.06. The van der Waals surface area contributed by atoms with Gasteiger partial charge in [0.05, 0.1) is 12.8 Å². The molecule has 0 amide bonds. The molecule has 2 aromatic rings. The normalized spacial score (nSPS) is 10.8. The zero-order valence-electron chi connectivity index (χ0n) is 12.4. The van der Waals surface area contributed by atoms with Gasteiger partial charge in [-0.3, -0.25) is 4.68 Å². The molecule has 2 rings (SSSR count). The standard InChI is InChI=1S/C14H19BN2O4/c1-10(2)17-7-6-11(16-17)9-21-14-5-4-12(20-3)8-13(14)15(18)19/h4-8,10,18-19H,9H2,1-3H3. The van der Waals surface area contributed by atoms with Crippen LogP contribution in [0.3, 0.4) is 0 Å². The molecule has 0 fully saturated rings. The summed E-state index contributed by atoms with van der Waals surface area (Å²) in [5.74, 6) is 0.930. The second kappa shape index (κ2) is 6.65. The molecule has 112 valence electrons. The van der Waals surface area contributed by atoms with E-state index in [2.05, 4.69) is 5.10 Å². The maximum Gasteiger partial charge on any atom is 0.492 e. The predicted octanol–water partition coefficient (Wildman–Crippen LogP) is 0.731. The molecule has 1 aromatic heterocycles. The van der Waals surface area contributed by atoms with Gasteiger partial charge in [0.1, 0.15) is 18.1 Å². The Morgan fingerprint density at radius 2 is 2.05 bits per heavy atom. The van der Waals surface area contributed by atoms with E-state index in [1.54, 1.807) is 12.1 Å². The summed E-state index contributed by atoms with van der Waals surface area (Å²) >= 11 is 0. The van der Waals surface area contributed by atoms with E-state index >= 15 is 0 Å². The lowest BCUT2D eigenvalue weighted by molar-refractivity contribution is 0.298. The SMILES string of the molecule is COc1ccc(OCc2ccn(C(C)C)n2)c(B(O)O)c1. The number of aromatic nitrogens is 2. The highest BCUT2D eigenvalue weighted by Gasteiger charge is 2.18. The molecule has 7 heteroatoms. The zero-order chi connectivity index (χ0) is 15.4. The molecule has 0 aliphatic heterocycles. The molecule has 1 heterocycles. The molecule has 0 radical (unpaired) electrons. The number of rotatable bonds is 6. The molecule has 0 aliphatic carbocycles. The molecule has 0 bridgehead atoms. The van der Waals surface area contributed by atoms with E-state index in [1.807, 2.05) is 30.8 Å². The molecular weight excluding hydrogens is 271 g/mol. The minimum atomic E-state index is -1.62. The monoisotopic (exact) mass is 290 g/mol. The fourth-order valence-electron chi connectivity index (χ4n) is 1.88. The number of nitrogens with zero attached hydrogens (tertiary/aromatic N) is 2. The fourth-order valence-corrected chi connectivity index (χ4v) is 1.88. The number of methoxy groups -OCH3 is 1. The molecule has 0 atom stereocenters. The summed E-state index contributed by atoms with van der Waals surface area (Å²) < 4.78 is 12.5. The van der Waals surface area contributed by atoms with E-state index in [9.17, 15) is 10.0 Å². The Morgan fingerprint density at radius 3 is 2.62 bits per heavy atom. The van der Waals surface area contributed by atoms with E-state index in [1.165, 1.54) is 13.2 Å². The fraction of sp³-hybridized carbons (Fsp3) is 0.357. The summed E-state index contributed by atoms with van der Waals surface area (Å²) in [6.45, 7) is 4.34. The minimum absolute atomic E-state index is 0.256. The third kappa shape index (κ3) is 3.77. The van der Waals surface area contributed by atoms with Crippen LogP contribution in [-0.2, 0) is 6.61 Å². The molecule has 0 saturated heterocycles. The van der Waals surface area contributed by atoms with Crippen molar-refractivity contribution in [2.45, 2.75) is 26.5 Å². The van der Waals surface area contributed by atoms with Gasteiger partial charge < -0.3 is 19.5 Å². The second-order valence-electron chi connectivity index (χ2n) is 4.95. The first-order valence-electron chi connectivity index (χ1n) is 6.72. The number of benzene rings is 1. The van der Waals surface area contributed by atoms with Crippen LogP contribution in [0, 0.1) is 0 Å². The van der Waals surface area contributed by atoms with Crippen molar-refractivity contribution < 1.29 is 19.5 Å². The molecule has 1 aromatic carbocycles. The number of hydrogen-bond donors (Lipinski definition) is 2. The van der Waals surface area contributed by atoms with Crippen LogP contribution in [0.4, 0.5) is 0 Å². The van der Waals surface area contributed by atoms with E-state index in [4.69, 9.17) is 9.47 Å². The average molecular weight is 290 g/mol. The quantitative estimate of drug-likeness (QED) is 0.767. The van der Waals surface area contributed by atoms with Gasteiger partial charge >= 0.3 is 7.12 Å². The van der Waals surface area contributed by atoms with Gasteiger partial charge in [0.2, 0.25) is 0 Å². The van der Waals surface area contributed by atoms with Crippen molar-refractivity contribution in [3.05, 3.63) is 36.2 Å². The smallest absolute Gasteiger partial charge is 0.492 e. The lowest BCUT2D eigenvalue weighted by Crippen LogP contribution is -2.31. The van der Waals surface area contributed by atoms with Gasteiger partial charge in [-0.25, -0.2) is 0 Å². The summed E-state index contributed by atoms with van der Waals surface area (Å²) in [5.41, 5.74) is 1.04. The first-order chi connectivity index (χ1) is 10.0. The number of ether oxygens (including phenoxy) is 2. The van der Waals surface area contributed by atoms with Crippen molar-refractivity contribution in [3.63, 3.8) is 0 Å². The Labute approximate surface area is 124 Å². The summed E-state index contributed by atoms with van der Waals surface area (Å²) in [4.78, 5) is 0. The highest BCUT2D eigenvalue weighted by molar-refractivity contribution is 6.59. The molecule has 0 aliphatic rings. The maximum atomic E-state index is 9.40. The van der Waals surface area contributed by atoms with Crippen LogP contribution in [0.25, 0.3) is 0 Å². The van der Waals surface area contributed by atoms with Crippen molar-refractivity contribution in [1.82, 2.24) is 9.78 Å². The molecule has 0 unspecified atom stereocenters. The highest BCUT2D eigenvalue weighted by atomic mass is 16.5. The summed E-state index contributed by atoms with van der Waals surface area (Å²) in [7, 11) is -0.106. The van der Waals surface area contributed by atoms with Gasteiger partial charge in [0, 0.05) is 17.7 Å². The van der Waals surface area contributed by atoms with Gasteiger partial charge in [-0.15, -0.1) is 0 Å². The second-order valence-corrected chi connectivity index (χ2v) is 4.95. The van der Waals surface area contributed by atoms with Crippen LogP contribution < -0.4 is 14.9 Å². The van der Waals surface area contributed by atoms with Crippen LogP contribution in [-0.4, -0.2) is 34.1 Å². The maximum absolute atomic E-state index is 9.40. The first-order valence-corrected chi connectivity index (χ1v) is 6.72. The topological polar surface area (TPSA) is 76.7 Å². The summed E-state index contributed by atoms with van der Waals surface area (Å²) in [5, 5.41) is 23.2. The van der Waals surface area contributed by atoms with Crippen molar-refractivity contribution >= 4 is 12.6 Å². The lowest BCUT2D eigenvalue weighted by Gasteiger charge is -2.11. The Bertz CT molecular complexity index is 598. The van der Waals surface area contributed by atoms with Crippen LogP contribution >= 0.6 is 0 Å². The largest absolute Gasteiger partial charge is 0.497 e. The Hall–Kier alpha value is -1.99. The van der Waals surface area contributed by atoms with Gasteiger partial charge in [0.15, 0.2) is 0 Å². The lowest BCUT2D eigenvalue weighted by atomic mass is 9.79. The summed E-state index contributed by atoms with van der Waals surface area (Å²) in [6, 6.07) is 7.04. The van der Waals surface area contributed by atoms with Crippen molar-refractivity contribution in [2.24, 2.45) is 0 Å². The van der Waals surface area contributed by atoms with Crippen LogP contribution in [0.5, 0.6) is 11.5 Å². The first kappa shape index (κ1) is 15.4. The predicted molar refractivity (Wildman–Crippen MR) is 79.8 cm³/mol. The average Bonchev–Trinajstić information content (AvgIpc) is 2.94. The van der Waals surface area contributed by atoms with Crippen LogP contribution in [0.2, 0.25) is 0 Å². The molecule has 0 spiro atoms. The van der Waals surface area contributed by atoms with Crippen LogP contribution in [0.15, 0.2) is 30.5 Å². The van der Waals surface area contributed by atoms with Gasteiger partial charge in [-0.05, 0) is 38.1 Å². The minimum Gasteiger partial charge on any atom is -0.497 e. The molecular formula is C14H19BN2O4. The Morgan fingerprint density at radius 1 is 1.29 bits per heavy atom. The van der Waals surface area contributed by atoms with E-state index in [0.29, 0.717) is 11.5 Å². The van der Waals surface area contributed by atoms with Gasteiger partial charge in [0.25, 0.3) is 0 Å². The van der Waals surface area contributed by atoms with E-state index < -0.39 is 7.12 Å². The third-order valence-corrected chi connectivity index (χ3v) is 3.06. The molecule has 2 N–H and O–H groups in total. The molecule has 21 heavy (non-hydrogen) atoms. The molecule has 6 nitrogen and oxygen atoms in total. The van der Waals surface area contributed by atoms with Crippen molar-refractivity contribution in [2.75, 3.05) is 7.11 Å². The van der Waals surface area contributed by atoms with Crippen LogP contribution in [0.1, 0.15) is 25.6 Å². The van der Waals surface area contributed by atoms with E-state index in [0.717, 1.165) is 5.69 Å². The van der Waals surface area contributed by atoms with Crippen molar-refractivity contribution in [1.29, 1.82) is 0 Å². The van der Waals surface area contributed by atoms with Gasteiger partial charge in [-0.1, -0.05) is 0 Å². The van der Waals surface area contributed by atoms with Crippen molar-refractivity contribution in [3.8, 4) is 11.5 Å². The highest BCUT2D eigenvalue weighted by Crippen LogP contribution is 2.17.